The van der Waals surface area contributed by atoms with Crippen molar-refractivity contribution >= 4 is 6.03 Å². The molecule has 6 heteroatoms. The van der Waals surface area contributed by atoms with Gasteiger partial charge < -0.3 is 24.8 Å². The molecule has 0 bridgehead atoms. The van der Waals surface area contributed by atoms with Crippen LogP contribution in [-0.4, -0.2) is 49.6 Å². The lowest BCUT2D eigenvalue weighted by Gasteiger charge is -2.24. The highest BCUT2D eigenvalue weighted by Crippen LogP contribution is 2.31. The van der Waals surface area contributed by atoms with Gasteiger partial charge in [0.15, 0.2) is 6.10 Å². The quantitative estimate of drug-likeness (QED) is 0.808. The summed E-state index contributed by atoms with van der Waals surface area (Å²) in [5.74, 6) is 0.822. The maximum absolute atomic E-state index is 12.4. The summed E-state index contributed by atoms with van der Waals surface area (Å²) in [7, 11) is 0. The van der Waals surface area contributed by atoms with Crippen molar-refractivity contribution in [2.45, 2.75) is 88.7 Å². The number of hydrogen-bond acceptors (Lipinski definition) is 4. The molecule has 3 aliphatic rings. The molecule has 1 saturated carbocycles. The average molecular weight is 403 g/mol. The van der Waals surface area contributed by atoms with E-state index in [1.54, 1.807) is 0 Å². The Bertz CT molecular complexity index is 694. The standard InChI is InChI=1S/C23H34N2O4/c1-23(2,3)15-9-11-17(12-10-15)29-19-14-28-20-18(13-27-21(19)20)25-22(26)24-16-7-5-4-6-8-16/h9-12,16,18-21H,4-8,13-14H2,1-3H3,(H2,24,25,26)/t18-,19-,20+,21+/m0/s1. The zero-order valence-electron chi connectivity index (χ0n) is 17.8. The van der Waals surface area contributed by atoms with Gasteiger partial charge in [-0.05, 0) is 36.0 Å². The molecule has 2 aliphatic heterocycles. The third-order valence-electron chi connectivity index (χ3n) is 6.27. The minimum atomic E-state index is -0.161. The average Bonchev–Trinajstić information content (AvgIpc) is 3.26. The van der Waals surface area contributed by atoms with Gasteiger partial charge in [-0.3, -0.25) is 0 Å². The van der Waals surface area contributed by atoms with Crippen LogP contribution in [0.2, 0.25) is 0 Å². The monoisotopic (exact) mass is 402 g/mol. The summed E-state index contributed by atoms with van der Waals surface area (Å²) in [6, 6.07) is 8.28. The second-order valence-corrected chi connectivity index (χ2v) is 9.59. The van der Waals surface area contributed by atoms with Crippen molar-refractivity contribution in [3.05, 3.63) is 29.8 Å². The van der Waals surface area contributed by atoms with Crippen LogP contribution in [0.5, 0.6) is 5.75 Å². The highest BCUT2D eigenvalue weighted by atomic mass is 16.6. The van der Waals surface area contributed by atoms with E-state index in [9.17, 15) is 4.79 Å². The lowest BCUT2D eigenvalue weighted by Crippen LogP contribution is -2.51. The van der Waals surface area contributed by atoms with E-state index in [2.05, 4.69) is 43.5 Å². The Balaban J connectivity index is 1.29. The Labute approximate surface area is 173 Å². The third-order valence-corrected chi connectivity index (χ3v) is 6.27. The Kier molecular flexibility index (Phi) is 6.02. The van der Waals surface area contributed by atoms with Crippen molar-refractivity contribution in [1.82, 2.24) is 10.6 Å². The van der Waals surface area contributed by atoms with Crippen LogP contribution in [0.25, 0.3) is 0 Å². The van der Waals surface area contributed by atoms with Crippen molar-refractivity contribution in [3.8, 4) is 5.75 Å². The smallest absolute Gasteiger partial charge is 0.315 e. The first-order valence-corrected chi connectivity index (χ1v) is 11.0. The summed E-state index contributed by atoms with van der Waals surface area (Å²) in [6.45, 7) is 7.52. The molecular formula is C23H34N2O4. The number of benzene rings is 1. The number of hydrogen-bond donors (Lipinski definition) is 2. The Morgan fingerprint density at radius 1 is 0.966 bits per heavy atom. The fraction of sp³-hybridized carbons (Fsp3) is 0.696. The van der Waals surface area contributed by atoms with Gasteiger partial charge in [0.1, 0.15) is 18.0 Å². The first-order valence-electron chi connectivity index (χ1n) is 11.0. The van der Waals surface area contributed by atoms with E-state index in [0.717, 1.165) is 18.6 Å². The van der Waals surface area contributed by atoms with Crippen LogP contribution in [0.3, 0.4) is 0 Å². The summed E-state index contributed by atoms with van der Waals surface area (Å²) < 4.78 is 18.1. The predicted octanol–water partition coefficient (Wildman–Crippen LogP) is 3.53. The second-order valence-electron chi connectivity index (χ2n) is 9.59. The second kappa shape index (κ2) is 8.52. The number of nitrogens with one attached hydrogen (secondary N) is 2. The number of carbonyl (C=O) groups is 1. The van der Waals surface area contributed by atoms with Crippen molar-refractivity contribution in [1.29, 1.82) is 0 Å². The van der Waals surface area contributed by atoms with Gasteiger partial charge in [-0.1, -0.05) is 52.2 Å². The highest BCUT2D eigenvalue weighted by Gasteiger charge is 2.49. The first kappa shape index (κ1) is 20.5. The molecule has 2 amide bonds. The minimum absolute atomic E-state index is 0.114. The van der Waals surface area contributed by atoms with Crippen LogP contribution in [0.1, 0.15) is 58.4 Å². The largest absolute Gasteiger partial charge is 0.485 e. The highest BCUT2D eigenvalue weighted by molar-refractivity contribution is 5.74. The number of rotatable bonds is 4. The van der Waals surface area contributed by atoms with E-state index in [1.165, 1.54) is 24.8 Å². The molecule has 1 aliphatic carbocycles. The summed E-state index contributed by atoms with van der Waals surface area (Å²) in [5, 5.41) is 6.15. The van der Waals surface area contributed by atoms with Gasteiger partial charge >= 0.3 is 6.03 Å². The van der Waals surface area contributed by atoms with Crippen molar-refractivity contribution < 1.29 is 19.0 Å². The van der Waals surface area contributed by atoms with Gasteiger partial charge in [-0.2, -0.15) is 0 Å². The first-order chi connectivity index (χ1) is 13.9. The van der Waals surface area contributed by atoms with E-state index >= 15 is 0 Å². The van der Waals surface area contributed by atoms with E-state index in [1.807, 2.05) is 12.1 Å². The third kappa shape index (κ3) is 4.86. The molecule has 1 aromatic rings. The molecule has 29 heavy (non-hydrogen) atoms. The number of fused-ring (bicyclic) bond motifs is 1. The molecule has 0 radical (unpaired) electrons. The molecule has 0 unspecified atom stereocenters. The van der Waals surface area contributed by atoms with E-state index < -0.39 is 0 Å². The van der Waals surface area contributed by atoms with Gasteiger partial charge in [0.25, 0.3) is 0 Å². The topological polar surface area (TPSA) is 68.8 Å². The van der Waals surface area contributed by atoms with Crippen LogP contribution >= 0.6 is 0 Å². The van der Waals surface area contributed by atoms with Gasteiger partial charge in [-0.15, -0.1) is 0 Å². The summed E-state index contributed by atoms with van der Waals surface area (Å²) in [6.07, 6.45) is 5.33. The van der Waals surface area contributed by atoms with Crippen LogP contribution in [0, 0.1) is 0 Å². The van der Waals surface area contributed by atoms with Gasteiger partial charge in [0.05, 0.1) is 19.3 Å². The van der Waals surface area contributed by atoms with Crippen molar-refractivity contribution in [2.75, 3.05) is 13.2 Å². The lowest BCUT2D eigenvalue weighted by atomic mass is 9.87. The van der Waals surface area contributed by atoms with Crippen LogP contribution in [0.4, 0.5) is 4.79 Å². The van der Waals surface area contributed by atoms with Crippen LogP contribution in [-0.2, 0) is 14.9 Å². The van der Waals surface area contributed by atoms with Crippen molar-refractivity contribution in [2.24, 2.45) is 0 Å². The normalized spacial score (nSPS) is 30.0. The summed E-state index contributed by atoms with van der Waals surface area (Å²) >= 11 is 0. The molecule has 3 fully saturated rings. The maximum Gasteiger partial charge on any atom is 0.315 e. The molecule has 4 atom stereocenters. The SMILES string of the molecule is CC(C)(C)c1ccc(O[C@H]2CO[C@H]3[C@@H]2OC[C@@H]3NC(=O)NC2CCCCC2)cc1. The zero-order chi connectivity index (χ0) is 20.4. The Morgan fingerprint density at radius 2 is 1.66 bits per heavy atom. The molecule has 2 heterocycles. The molecule has 2 saturated heterocycles. The summed E-state index contributed by atoms with van der Waals surface area (Å²) in [4.78, 5) is 12.4. The fourth-order valence-corrected chi connectivity index (χ4v) is 4.54. The number of ether oxygens (including phenoxy) is 3. The lowest BCUT2D eigenvalue weighted by molar-refractivity contribution is 0.0303. The number of urea groups is 1. The van der Waals surface area contributed by atoms with E-state index in [-0.39, 0.29) is 35.8 Å². The van der Waals surface area contributed by atoms with E-state index in [4.69, 9.17) is 14.2 Å². The van der Waals surface area contributed by atoms with Crippen LogP contribution in [0.15, 0.2) is 24.3 Å². The molecule has 2 N–H and O–H groups in total. The zero-order valence-corrected chi connectivity index (χ0v) is 17.8. The molecule has 0 aromatic heterocycles. The Morgan fingerprint density at radius 3 is 2.34 bits per heavy atom. The van der Waals surface area contributed by atoms with E-state index in [0.29, 0.717) is 19.3 Å². The summed E-state index contributed by atoms with van der Waals surface area (Å²) in [5.41, 5.74) is 1.39. The molecule has 1 aromatic carbocycles. The Hall–Kier alpha value is -1.79. The molecular weight excluding hydrogens is 368 g/mol. The predicted molar refractivity (Wildman–Crippen MR) is 111 cm³/mol. The number of carbonyl (C=O) groups excluding carboxylic acids is 1. The van der Waals surface area contributed by atoms with Crippen molar-refractivity contribution in [3.63, 3.8) is 0 Å². The fourth-order valence-electron chi connectivity index (χ4n) is 4.54. The van der Waals surface area contributed by atoms with Crippen LogP contribution < -0.4 is 15.4 Å². The minimum Gasteiger partial charge on any atom is -0.485 e. The number of amides is 2. The molecule has 0 spiro atoms. The van der Waals surface area contributed by atoms with Gasteiger partial charge in [0, 0.05) is 6.04 Å². The van der Waals surface area contributed by atoms with Gasteiger partial charge in [0.2, 0.25) is 0 Å². The van der Waals surface area contributed by atoms with Gasteiger partial charge in [-0.25, -0.2) is 4.79 Å². The molecule has 6 nitrogen and oxygen atoms in total. The maximum atomic E-state index is 12.4. The molecule has 160 valence electrons. The molecule has 4 rings (SSSR count).